The fourth-order valence-electron chi connectivity index (χ4n) is 2.32. The SMILES string of the molecule is C=CCN(CC(=O)O)C(=O)C1CC1c1ccccc1. The molecule has 0 radical (unpaired) electrons. The van der Waals surface area contributed by atoms with Crippen molar-refractivity contribution in [1.29, 1.82) is 0 Å². The summed E-state index contributed by atoms with van der Waals surface area (Å²) in [6.07, 6.45) is 2.36. The summed E-state index contributed by atoms with van der Waals surface area (Å²) in [6.45, 7) is 3.58. The average molecular weight is 259 g/mol. The van der Waals surface area contributed by atoms with Crippen LogP contribution in [0, 0.1) is 5.92 Å². The third-order valence-electron chi connectivity index (χ3n) is 3.32. The molecule has 0 bridgehead atoms. The van der Waals surface area contributed by atoms with Crippen molar-refractivity contribution < 1.29 is 14.7 Å². The molecule has 0 heterocycles. The summed E-state index contributed by atoms with van der Waals surface area (Å²) in [4.78, 5) is 24.3. The van der Waals surface area contributed by atoms with Gasteiger partial charge in [-0.3, -0.25) is 9.59 Å². The Morgan fingerprint density at radius 2 is 2.05 bits per heavy atom. The summed E-state index contributed by atoms with van der Waals surface area (Å²) >= 11 is 0. The molecule has 0 aliphatic heterocycles. The molecule has 1 N–H and O–H groups in total. The number of benzene rings is 1. The third kappa shape index (κ3) is 3.22. The predicted octanol–water partition coefficient (Wildman–Crippen LogP) is 1.89. The second-order valence-corrected chi connectivity index (χ2v) is 4.76. The van der Waals surface area contributed by atoms with Gasteiger partial charge in [-0.25, -0.2) is 0 Å². The van der Waals surface area contributed by atoms with Crippen LogP contribution in [0.15, 0.2) is 43.0 Å². The van der Waals surface area contributed by atoms with E-state index in [1.165, 1.54) is 4.90 Å². The van der Waals surface area contributed by atoms with Crippen molar-refractivity contribution in [3.8, 4) is 0 Å². The van der Waals surface area contributed by atoms with E-state index < -0.39 is 5.97 Å². The second kappa shape index (κ2) is 5.69. The minimum atomic E-state index is -0.993. The zero-order chi connectivity index (χ0) is 13.8. The maximum Gasteiger partial charge on any atom is 0.323 e. The average Bonchev–Trinajstić information content (AvgIpc) is 3.18. The predicted molar refractivity (Wildman–Crippen MR) is 71.7 cm³/mol. The number of aliphatic carboxylic acids is 1. The highest BCUT2D eigenvalue weighted by molar-refractivity contribution is 5.86. The van der Waals surface area contributed by atoms with Crippen molar-refractivity contribution in [1.82, 2.24) is 4.90 Å². The lowest BCUT2D eigenvalue weighted by Crippen LogP contribution is -2.37. The first-order valence-electron chi connectivity index (χ1n) is 6.30. The Hall–Kier alpha value is -2.10. The van der Waals surface area contributed by atoms with Crippen LogP contribution in [0.3, 0.4) is 0 Å². The van der Waals surface area contributed by atoms with Crippen LogP contribution in [0.4, 0.5) is 0 Å². The Kier molecular flexibility index (Phi) is 4.00. The molecule has 4 nitrogen and oxygen atoms in total. The van der Waals surface area contributed by atoms with Gasteiger partial charge in [0.25, 0.3) is 0 Å². The largest absolute Gasteiger partial charge is 0.480 e. The first-order chi connectivity index (χ1) is 9.13. The molecule has 1 aromatic rings. The minimum absolute atomic E-state index is 0.0818. The molecule has 2 unspecified atom stereocenters. The van der Waals surface area contributed by atoms with Crippen molar-refractivity contribution in [3.63, 3.8) is 0 Å². The van der Waals surface area contributed by atoms with E-state index in [1.54, 1.807) is 6.08 Å². The molecule has 1 saturated carbocycles. The number of rotatable bonds is 6. The maximum atomic E-state index is 12.2. The van der Waals surface area contributed by atoms with Crippen LogP contribution in [-0.4, -0.2) is 35.0 Å². The standard InChI is InChI=1S/C15H17NO3/c1-2-8-16(10-14(17)18)15(19)13-9-12(13)11-6-4-3-5-7-11/h2-7,12-13H,1,8-10H2,(H,17,18). The molecular formula is C15H17NO3. The molecule has 1 aliphatic rings. The van der Waals surface area contributed by atoms with Gasteiger partial charge in [-0.2, -0.15) is 0 Å². The molecule has 4 heteroatoms. The van der Waals surface area contributed by atoms with E-state index in [0.29, 0.717) is 0 Å². The Morgan fingerprint density at radius 1 is 1.37 bits per heavy atom. The number of nitrogens with zero attached hydrogens (tertiary/aromatic N) is 1. The smallest absolute Gasteiger partial charge is 0.323 e. The van der Waals surface area contributed by atoms with Crippen molar-refractivity contribution in [2.24, 2.45) is 5.92 Å². The topological polar surface area (TPSA) is 57.6 Å². The van der Waals surface area contributed by atoms with Crippen molar-refractivity contribution in [3.05, 3.63) is 48.6 Å². The Labute approximate surface area is 112 Å². The number of hydrogen-bond donors (Lipinski definition) is 1. The van der Waals surface area contributed by atoms with Crippen LogP contribution in [0.2, 0.25) is 0 Å². The lowest BCUT2D eigenvalue weighted by atomic mass is 10.1. The molecule has 19 heavy (non-hydrogen) atoms. The molecule has 1 aromatic carbocycles. The lowest BCUT2D eigenvalue weighted by molar-refractivity contribution is -0.144. The molecule has 2 atom stereocenters. The van der Waals surface area contributed by atoms with Gasteiger partial charge >= 0.3 is 5.97 Å². The number of carbonyl (C=O) groups is 2. The van der Waals surface area contributed by atoms with Crippen LogP contribution < -0.4 is 0 Å². The van der Waals surface area contributed by atoms with Gasteiger partial charge in [0.1, 0.15) is 6.54 Å². The summed E-state index contributed by atoms with van der Waals surface area (Å²) in [5.41, 5.74) is 1.15. The van der Waals surface area contributed by atoms with Crippen molar-refractivity contribution >= 4 is 11.9 Å². The third-order valence-corrected chi connectivity index (χ3v) is 3.32. The van der Waals surface area contributed by atoms with Crippen LogP contribution >= 0.6 is 0 Å². The molecule has 100 valence electrons. The maximum absolute atomic E-state index is 12.2. The van der Waals surface area contributed by atoms with Gasteiger partial charge in [0, 0.05) is 12.5 Å². The van der Waals surface area contributed by atoms with E-state index in [2.05, 4.69) is 6.58 Å². The Bertz CT molecular complexity index is 483. The number of carboxylic acids is 1. The summed E-state index contributed by atoms with van der Waals surface area (Å²) in [5, 5.41) is 8.82. The molecule has 1 amide bonds. The van der Waals surface area contributed by atoms with Gasteiger partial charge in [0.2, 0.25) is 5.91 Å². The van der Waals surface area contributed by atoms with E-state index in [-0.39, 0.29) is 30.8 Å². The monoisotopic (exact) mass is 259 g/mol. The van der Waals surface area contributed by atoms with E-state index in [9.17, 15) is 9.59 Å². The molecule has 1 aliphatic carbocycles. The van der Waals surface area contributed by atoms with Crippen LogP contribution in [0.1, 0.15) is 17.9 Å². The number of amides is 1. The number of carboxylic acid groups (broad SMARTS) is 1. The normalized spacial score (nSPS) is 20.6. The van der Waals surface area contributed by atoms with Crippen molar-refractivity contribution in [2.75, 3.05) is 13.1 Å². The van der Waals surface area contributed by atoms with Crippen LogP contribution in [0.5, 0.6) is 0 Å². The fraction of sp³-hybridized carbons (Fsp3) is 0.333. The van der Waals surface area contributed by atoms with E-state index in [4.69, 9.17) is 5.11 Å². The molecule has 1 fully saturated rings. The van der Waals surface area contributed by atoms with E-state index in [1.807, 2.05) is 30.3 Å². The Balaban J connectivity index is 2.00. The minimum Gasteiger partial charge on any atom is -0.480 e. The first-order valence-corrected chi connectivity index (χ1v) is 6.30. The number of carbonyl (C=O) groups excluding carboxylic acids is 1. The molecular weight excluding hydrogens is 242 g/mol. The van der Waals surface area contributed by atoms with Gasteiger partial charge in [0.15, 0.2) is 0 Å². The molecule has 0 saturated heterocycles. The second-order valence-electron chi connectivity index (χ2n) is 4.76. The van der Waals surface area contributed by atoms with Gasteiger partial charge in [0.05, 0.1) is 0 Å². The highest BCUT2D eigenvalue weighted by Crippen LogP contribution is 2.48. The molecule has 2 rings (SSSR count). The zero-order valence-corrected chi connectivity index (χ0v) is 10.7. The van der Waals surface area contributed by atoms with E-state index >= 15 is 0 Å². The van der Waals surface area contributed by atoms with E-state index in [0.717, 1.165) is 12.0 Å². The fourth-order valence-corrected chi connectivity index (χ4v) is 2.32. The summed E-state index contributed by atoms with van der Waals surface area (Å²) in [6, 6.07) is 9.86. The number of hydrogen-bond acceptors (Lipinski definition) is 2. The van der Waals surface area contributed by atoms with Crippen molar-refractivity contribution in [2.45, 2.75) is 12.3 Å². The highest BCUT2D eigenvalue weighted by atomic mass is 16.4. The van der Waals surface area contributed by atoms with Gasteiger partial charge < -0.3 is 10.0 Å². The van der Waals surface area contributed by atoms with Crippen LogP contribution in [0.25, 0.3) is 0 Å². The van der Waals surface area contributed by atoms with Gasteiger partial charge in [-0.1, -0.05) is 36.4 Å². The summed E-state index contributed by atoms with van der Waals surface area (Å²) < 4.78 is 0. The Morgan fingerprint density at radius 3 is 2.63 bits per heavy atom. The quantitative estimate of drug-likeness (QED) is 0.794. The van der Waals surface area contributed by atoms with Crippen LogP contribution in [-0.2, 0) is 9.59 Å². The molecule has 0 spiro atoms. The summed E-state index contributed by atoms with van der Waals surface area (Å²) in [5.74, 6) is -0.931. The molecule has 0 aromatic heterocycles. The summed E-state index contributed by atoms with van der Waals surface area (Å²) in [7, 11) is 0. The zero-order valence-electron chi connectivity index (χ0n) is 10.7. The highest BCUT2D eigenvalue weighted by Gasteiger charge is 2.45. The first kappa shape index (κ1) is 13.3. The lowest BCUT2D eigenvalue weighted by Gasteiger charge is -2.18. The van der Waals surface area contributed by atoms with Gasteiger partial charge in [-0.05, 0) is 17.9 Å². The van der Waals surface area contributed by atoms with Gasteiger partial charge in [-0.15, -0.1) is 6.58 Å².